The standard InChI is InChI=1S/C14H20N4O2/c1-9(2)13-12(10(3)16-20-13)14(19)17(4)7-11-6-15-18(5)8-11/h6,8-9H,7H2,1-5H3. The second-order valence-electron chi connectivity index (χ2n) is 5.35. The van der Waals surface area contributed by atoms with E-state index in [0.29, 0.717) is 23.6 Å². The molecule has 2 heterocycles. The monoisotopic (exact) mass is 276 g/mol. The molecule has 2 rings (SSSR count). The lowest BCUT2D eigenvalue weighted by Gasteiger charge is -2.16. The molecule has 6 nitrogen and oxygen atoms in total. The van der Waals surface area contributed by atoms with Crippen molar-refractivity contribution in [1.29, 1.82) is 0 Å². The normalized spacial score (nSPS) is 11.1. The fraction of sp³-hybridized carbons (Fsp3) is 0.500. The first-order chi connectivity index (χ1) is 9.40. The first-order valence-electron chi connectivity index (χ1n) is 6.59. The third kappa shape index (κ3) is 2.74. The second kappa shape index (κ2) is 5.48. The molecule has 0 aromatic carbocycles. The van der Waals surface area contributed by atoms with Gasteiger partial charge in [0.15, 0.2) is 5.76 Å². The fourth-order valence-electron chi connectivity index (χ4n) is 2.13. The Morgan fingerprint density at radius 1 is 1.50 bits per heavy atom. The SMILES string of the molecule is Cc1noc(C(C)C)c1C(=O)N(C)Cc1cnn(C)c1. The molecule has 0 fully saturated rings. The molecule has 0 aliphatic carbocycles. The molecular formula is C14H20N4O2. The van der Waals surface area contributed by atoms with Crippen LogP contribution >= 0.6 is 0 Å². The van der Waals surface area contributed by atoms with E-state index in [1.54, 1.807) is 29.7 Å². The van der Waals surface area contributed by atoms with Gasteiger partial charge in [-0.05, 0) is 6.92 Å². The summed E-state index contributed by atoms with van der Waals surface area (Å²) in [4.78, 5) is 14.2. The van der Waals surface area contributed by atoms with E-state index in [1.807, 2.05) is 27.1 Å². The van der Waals surface area contributed by atoms with Crippen molar-refractivity contribution in [1.82, 2.24) is 19.8 Å². The van der Waals surface area contributed by atoms with Crippen LogP contribution in [0, 0.1) is 6.92 Å². The van der Waals surface area contributed by atoms with E-state index in [9.17, 15) is 4.79 Å². The van der Waals surface area contributed by atoms with Crippen LogP contribution in [0.3, 0.4) is 0 Å². The Morgan fingerprint density at radius 2 is 2.20 bits per heavy atom. The minimum absolute atomic E-state index is 0.0729. The highest BCUT2D eigenvalue weighted by atomic mass is 16.5. The van der Waals surface area contributed by atoms with Crippen LogP contribution in [0.1, 0.15) is 47.1 Å². The number of hydrogen-bond donors (Lipinski definition) is 0. The average Bonchev–Trinajstić information content (AvgIpc) is 2.94. The Morgan fingerprint density at radius 3 is 2.75 bits per heavy atom. The van der Waals surface area contributed by atoms with Crippen molar-refractivity contribution in [2.24, 2.45) is 7.05 Å². The lowest BCUT2D eigenvalue weighted by molar-refractivity contribution is 0.0781. The van der Waals surface area contributed by atoms with Gasteiger partial charge >= 0.3 is 0 Å². The molecular weight excluding hydrogens is 256 g/mol. The Bertz CT molecular complexity index is 612. The molecule has 0 saturated carbocycles. The first kappa shape index (κ1) is 14.3. The minimum atomic E-state index is -0.0729. The average molecular weight is 276 g/mol. The molecule has 0 spiro atoms. The maximum atomic E-state index is 12.6. The maximum absolute atomic E-state index is 12.6. The van der Waals surface area contributed by atoms with Gasteiger partial charge in [0.25, 0.3) is 5.91 Å². The van der Waals surface area contributed by atoms with Gasteiger partial charge in [-0.25, -0.2) is 0 Å². The summed E-state index contributed by atoms with van der Waals surface area (Å²) in [6.45, 7) is 6.27. The Kier molecular flexibility index (Phi) is 3.92. The fourth-order valence-corrected chi connectivity index (χ4v) is 2.13. The minimum Gasteiger partial charge on any atom is -0.360 e. The molecule has 6 heteroatoms. The van der Waals surface area contributed by atoms with E-state index in [4.69, 9.17) is 4.52 Å². The molecule has 0 unspecified atom stereocenters. The quantitative estimate of drug-likeness (QED) is 0.858. The van der Waals surface area contributed by atoms with Crippen LogP contribution in [0.15, 0.2) is 16.9 Å². The van der Waals surface area contributed by atoms with Crippen LogP contribution in [0.25, 0.3) is 0 Å². The number of amides is 1. The molecule has 1 amide bonds. The van der Waals surface area contributed by atoms with E-state index >= 15 is 0 Å². The first-order valence-corrected chi connectivity index (χ1v) is 6.59. The molecule has 2 aromatic heterocycles. The van der Waals surface area contributed by atoms with Crippen molar-refractivity contribution >= 4 is 5.91 Å². The number of hydrogen-bond acceptors (Lipinski definition) is 4. The van der Waals surface area contributed by atoms with Crippen molar-refractivity contribution in [3.05, 3.63) is 35.0 Å². The predicted octanol–water partition coefficient (Wildman–Crippen LogP) is 2.11. The van der Waals surface area contributed by atoms with Crippen molar-refractivity contribution in [3.8, 4) is 0 Å². The predicted molar refractivity (Wildman–Crippen MR) is 74.3 cm³/mol. The zero-order chi connectivity index (χ0) is 14.9. The molecule has 0 N–H and O–H groups in total. The third-order valence-electron chi connectivity index (χ3n) is 3.15. The Hall–Kier alpha value is -2.11. The van der Waals surface area contributed by atoms with Gasteiger partial charge in [0, 0.05) is 38.3 Å². The lowest BCUT2D eigenvalue weighted by atomic mass is 10.0. The van der Waals surface area contributed by atoms with E-state index in [1.165, 1.54) is 0 Å². The van der Waals surface area contributed by atoms with Crippen molar-refractivity contribution in [2.45, 2.75) is 33.2 Å². The van der Waals surface area contributed by atoms with Crippen LogP contribution in [-0.4, -0.2) is 32.8 Å². The van der Waals surface area contributed by atoms with Gasteiger partial charge in [-0.15, -0.1) is 0 Å². The highest BCUT2D eigenvalue weighted by Crippen LogP contribution is 2.23. The second-order valence-corrected chi connectivity index (χ2v) is 5.35. The van der Waals surface area contributed by atoms with Crippen LogP contribution in [0.2, 0.25) is 0 Å². The summed E-state index contributed by atoms with van der Waals surface area (Å²) in [5, 5.41) is 8.02. The Balaban J connectivity index is 2.20. The van der Waals surface area contributed by atoms with E-state index in [-0.39, 0.29) is 11.8 Å². The smallest absolute Gasteiger partial charge is 0.259 e. The molecule has 0 saturated heterocycles. The zero-order valence-corrected chi connectivity index (χ0v) is 12.5. The zero-order valence-electron chi connectivity index (χ0n) is 12.5. The molecule has 0 aliphatic heterocycles. The molecule has 108 valence electrons. The summed E-state index contributed by atoms with van der Waals surface area (Å²) < 4.78 is 6.99. The molecule has 0 radical (unpaired) electrons. The summed E-state index contributed by atoms with van der Waals surface area (Å²) >= 11 is 0. The molecule has 0 bridgehead atoms. The summed E-state index contributed by atoms with van der Waals surface area (Å²) in [6, 6.07) is 0. The van der Waals surface area contributed by atoms with Crippen LogP contribution in [0.4, 0.5) is 0 Å². The summed E-state index contributed by atoms with van der Waals surface area (Å²) in [5.41, 5.74) is 2.20. The topological polar surface area (TPSA) is 64.2 Å². The number of carbonyl (C=O) groups excluding carboxylic acids is 1. The number of rotatable bonds is 4. The molecule has 2 aromatic rings. The third-order valence-corrected chi connectivity index (χ3v) is 3.15. The highest BCUT2D eigenvalue weighted by molar-refractivity contribution is 5.96. The molecule has 0 atom stereocenters. The van der Waals surface area contributed by atoms with Crippen LogP contribution in [0.5, 0.6) is 0 Å². The van der Waals surface area contributed by atoms with Gasteiger partial charge in [-0.1, -0.05) is 19.0 Å². The summed E-state index contributed by atoms with van der Waals surface area (Å²) in [5.74, 6) is 0.698. The van der Waals surface area contributed by atoms with E-state index in [2.05, 4.69) is 10.3 Å². The van der Waals surface area contributed by atoms with E-state index < -0.39 is 0 Å². The van der Waals surface area contributed by atoms with Gasteiger partial charge in [0.05, 0.1) is 11.9 Å². The largest absolute Gasteiger partial charge is 0.360 e. The molecule has 20 heavy (non-hydrogen) atoms. The van der Waals surface area contributed by atoms with Crippen LogP contribution < -0.4 is 0 Å². The summed E-state index contributed by atoms with van der Waals surface area (Å²) in [7, 11) is 3.62. The van der Waals surface area contributed by atoms with Gasteiger partial charge < -0.3 is 9.42 Å². The van der Waals surface area contributed by atoms with Gasteiger partial charge in [0.1, 0.15) is 5.56 Å². The molecule has 0 aliphatic rings. The maximum Gasteiger partial charge on any atom is 0.259 e. The number of carbonyl (C=O) groups is 1. The highest BCUT2D eigenvalue weighted by Gasteiger charge is 2.25. The van der Waals surface area contributed by atoms with Gasteiger partial charge in [-0.3, -0.25) is 9.48 Å². The Labute approximate surface area is 118 Å². The lowest BCUT2D eigenvalue weighted by Crippen LogP contribution is -2.27. The van der Waals surface area contributed by atoms with E-state index in [0.717, 1.165) is 5.56 Å². The van der Waals surface area contributed by atoms with Crippen molar-refractivity contribution < 1.29 is 9.32 Å². The van der Waals surface area contributed by atoms with Crippen LogP contribution in [-0.2, 0) is 13.6 Å². The number of nitrogens with zero attached hydrogens (tertiary/aromatic N) is 4. The van der Waals surface area contributed by atoms with Crippen molar-refractivity contribution in [3.63, 3.8) is 0 Å². The van der Waals surface area contributed by atoms with Gasteiger partial charge in [0.2, 0.25) is 0 Å². The summed E-state index contributed by atoms with van der Waals surface area (Å²) in [6.07, 6.45) is 3.65. The number of aryl methyl sites for hydroxylation is 2. The van der Waals surface area contributed by atoms with Crippen molar-refractivity contribution in [2.75, 3.05) is 7.05 Å². The van der Waals surface area contributed by atoms with Gasteiger partial charge in [-0.2, -0.15) is 5.10 Å². The number of aromatic nitrogens is 3.